The smallest absolute Gasteiger partial charge is 0.320 e. The fourth-order valence-corrected chi connectivity index (χ4v) is 2.40. The van der Waals surface area contributed by atoms with E-state index in [9.17, 15) is 14.3 Å². The number of nitrogens with zero attached hydrogens (tertiary/aromatic N) is 1. The van der Waals surface area contributed by atoms with Gasteiger partial charge in [0.25, 0.3) is 0 Å². The van der Waals surface area contributed by atoms with Crippen LogP contribution in [0.5, 0.6) is 0 Å². The van der Waals surface area contributed by atoms with E-state index < -0.39 is 24.0 Å². The van der Waals surface area contributed by atoms with Crippen LogP contribution in [-0.4, -0.2) is 46.4 Å². The van der Waals surface area contributed by atoms with Crippen molar-refractivity contribution in [3.05, 3.63) is 53.5 Å². The summed E-state index contributed by atoms with van der Waals surface area (Å²) >= 11 is 0. The highest BCUT2D eigenvalue weighted by Crippen LogP contribution is 2.19. The van der Waals surface area contributed by atoms with Crippen LogP contribution in [0.1, 0.15) is 24.1 Å². The Kier molecular flexibility index (Phi) is 7.24. The zero-order valence-corrected chi connectivity index (χ0v) is 15.1. The molecule has 2 atom stereocenters. The van der Waals surface area contributed by atoms with Gasteiger partial charge in [0, 0.05) is 18.0 Å². The van der Waals surface area contributed by atoms with E-state index in [0.29, 0.717) is 5.56 Å². The lowest BCUT2D eigenvalue weighted by atomic mass is 10.0. The van der Waals surface area contributed by atoms with Crippen LogP contribution in [0.3, 0.4) is 0 Å². The molecule has 0 aliphatic carbocycles. The molecular formula is C18H22FN5O4. The quantitative estimate of drug-likeness (QED) is 0.310. The molecule has 0 bridgehead atoms. The lowest BCUT2D eigenvalue weighted by Gasteiger charge is -2.22. The zero-order valence-electron chi connectivity index (χ0n) is 15.1. The summed E-state index contributed by atoms with van der Waals surface area (Å²) in [7, 11) is 0. The van der Waals surface area contributed by atoms with Gasteiger partial charge in [0.1, 0.15) is 18.2 Å². The van der Waals surface area contributed by atoms with Crippen LogP contribution >= 0.6 is 0 Å². The highest BCUT2D eigenvalue weighted by Gasteiger charge is 2.20. The van der Waals surface area contributed by atoms with Gasteiger partial charge in [-0.3, -0.25) is 10.7 Å². The SMILES string of the molecule is C[C@H](O)[C@@H](NC(=O)Nc1cc(N)c(C(=N)OCCO)cn1)c1ccc(F)cc1. The number of carbonyl (C=O) groups excluding carboxylic acids is 1. The molecule has 7 N–H and O–H groups in total. The van der Waals surface area contributed by atoms with Crippen molar-refractivity contribution >= 4 is 23.4 Å². The molecule has 0 saturated carbocycles. The minimum Gasteiger partial charge on any atom is -0.475 e. The number of aliphatic hydroxyl groups excluding tert-OH is 2. The van der Waals surface area contributed by atoms with E-state index in [1.165, 1.54) is 43.5 Å². The maximum atomic E-state index is 13.1. The number of benzene rings is 1. The van der Waals surface area contributed by atoms with Gasteiger partial charge in [-0.1, -0.05) is 12.1 Å². The Bertz CT molecular complexity index is 829. The Labute approximate surface area is 160 Å². The number of anilines is 2. The second-order valence-corrected chi connectivity index (χ2v) is 5.93. The minimum atomic E-state index is -0.930. The van der Waals surface area contributed by atoms with Crippen molar-refractivity contribution in [2.75, 3.05) is 24.3 Å². The molecule has 1 aromatic heterocycles. The average Bonchev–Trinajstić information content (AvgIpc) is 2.65. The third-order valence-electron chi connectivity index (χ3n) is 3.76. The number of hydrogen-bond donors (Lipinski definition) is 6. The third-order valence-corrected chi connectivity index (χ3v) is 3.76. The van der Waals surface area contributed by atoms with Gasteiger partial charge in [-0.25, -0.2) is 14.2 Å². The highest BCUT2D eigenvalue weighted by atomic mass is 19.1. The molecule has 1 aromatic carbocycles. The number of ether oxygens (including phenoxy) is 1. The van der Waals surface area contributed by atoms with Gasteiger partial charge in [0.05, 0.1) is 24.3 Å². The lowest BCUT2D eigenvalue weighted by Crippen LogP contribution is -2.38. The van der Waals surface area contributed by atoms with Crippen molar-refractivity contribution in [3.8, 4) is 0 Å². The van der Waals surface area contributed by atoms with Crippen LogP contribution in [0.25, 0.3) is 0 Å². The first-order valence-corrected chi connectivity index (χ1v) is 8.41. The van der Waals surface area contributed by atoms with Gasteiger partial charge in [0.15, 0.2) is 0 Å². The van der Waals surface area contributed by atoms with E-state index in [-0.39, 0.29) is 36.2 Å². The first-order valence-electron chi connectivity index (χ1n) is 8.41. The molecule has 0 radical (unpaired) electrons. The standard InChI is InChI=1S/C18H22FN5O4/c1-10(26)16(11-2-4-12(19)5-3-11)24-18(27)23-15-8-14(20)13(9-22-15)17(21)28-7-6-25/h2-5,8-10,16,21,25-26H,6-7H2,1H3,(H4,20,22,23,24,27)/t10-,16+/m0/s1. The van der Waals surface area contributed by atoms with Crippen molar-refractivity contribution in [3.63, 3.8) is 0 Å². The van der Waals surface area contributed by atoms with Crippen LogP contribution < -0.4 is 16.4 Å². The van der Waals surface area contributed by atoms with Crippen molar-refractivity contribution in [2.45, 2.75) is 19.1 Å². The van der Waals surface area contributed by atoms with Crippen LogP contribution in [0.2, 0.25) is 0 Å². The number of nitrogens with two attached hydrogens (primary N) is 1. The normalized spacial score (nSPS) is 12.7. The van der Waals surface area contributed by atoms with E-state index in [1.807, 2.05) is 0 Å². The molecule has 0 aliphatic rings. The van der Waals surface area contributed by atoms with Crippen LogP contribution in [0.4, 0.5) is 20.7 Å². The Balaban J connectivity index is 2.06. The number of aliphatic hydroxyl groups is 2. The summed E-state index contributed by atoms with van der Waals surface area (Å²) in [6.07, 6.45) is 0.331. The number of nitrogen functional groups attached to an aromatic ring is 1. The van der Waals surface area contributed by atoms with Crippen LogP contribution in [0.15, 0.2) is 36.5 Å². The zero-order chi connectivity index (χ0) is 20.7. The number of urea groups is 1. The minimum absolute atomic E-state index is 0.0508. The average molecular weight is 391 g/mol. The first-order chi connectivity index (χ1) is 13.3. The summed E-state index contributed by atoms with van der Waals surface area (Å²) in [4.78, 5) is 16.3. The summed E-state index contributed by atoms with van der Waals surface area (Å²) in [6.45, 7) is 1.20. The van der Waals surface area contributed by atoms with Crippen LogP contribution in [-0.2, 0) is 4.74 Å². The Morgan fingerprint density at radius 3 is 2.64 bits per heavy atom. The number of nitrogens with one attached hydrogen (secondary N) is 3. The molecule has 2 amide bonds. The summed E-state index contributed by atoms with van der Waals surface area (Å²) in [5.74, 6) is -0.552. The number of pyridine rings is 1. The van der Waals surface area contributed by atoms with Crippen molar-refractivity contribution in [1.82, 2.24) is 10.3 Å². The number of carbonyl (C=O) groups is 1. The Morgan fingerprint density at radius 2 is 2.07 bits per heavy atom. The number of amides is 2. The molecule has 150 valence electrons. The third kappa shape index (κ3) is 5.63. The molecule has 2 aromatic rings. The van der Waals surface area contributed by atoms with Gasteiger partial charge in [-0.05, 0) is 24.6 Å². The molecule has 9 nitrogen and oxygen atoms in total. The predicted octanol–water partition coefficient (Wildman–Crippen LogP) is 1.38. The van der Waals surface area contributed by atoms with Gasteiger partial charge >= 0.3 is 6.03 Å². The van der Waals surface area contributed by atoms with Gasteiger partial charge in [-0.15, -0.1) is 0 Å². The molecule has 0 unspecified atom stereocenters. The monoisotopic (exact) mass is 391 g/mol. The molecule has 10 heteroatoms. The number of halogens is 1. The second-order valence-electron chi connectivity index (χ2n) is 5.93. The number of hydrogen-bond acceptors (Lipinski definition) is 7. The summed E-state index contributed by atoms with van der Waals surface area (Å²) in [5, 5.41) is 31.5. The van der Waals surface area contributed by atoms with Crippen molar-refractivity contribution in [2.24, 2.45) is 0 Å². The summed E-state index contributed by atoms with van der Waals surface area (Å²) in [5.41, 5.74) is 6.75. The topological polar surface area (TPSA) is 154 Å². The molecular weight excluding hydrogens is 369 g/mol. The lowest BCUT2D eigenvalue weighted by molar-refractivity contribution is 0.148. The maximum absolute atomic E-state index is 13.1. The fraction of sp³-hybridized carbons (Fsp3) is 0.278. The highest BCUT2D eigenvalue weighted by molar-refractivity contribution is 5.97. The summed E-state index contributed by atoms with van der Waals surface area (Å²) < 4.78 is 18.1. The van der Waals surface area contributed by atoms with E-state index in [2.05, 4.69) is 15.6 Å². The second kappa shape index (κ2) is 9.62. The van der Waals surface area contributed by atoms with Gasteiger partial charge < -0.3 is 26.0 Å². The Hall–Kier alpha value is -3.24. The maximum Gasteiger partial charge on any atom is 0.320 e. The van der Waals surface area contributed by atoms with E-state index in [1.54, 1.807) is 0 Å². The molecule has 1 heterocycles. The largest absolute Gasteiger partial charge is 0.475 e. The van der Waals surface area contributed by atoms with Gasteiger partial charge in [-0.2, -0.15) is 0 Å². The van der Waals surface area contributed by atoms with E-state index in [0.717, 1.165) is 0 Å². The van der Waals surface area contributed by atoms with Crippen molar-refractivity contribution in [1.29, 1.82) is 5.41 Å². The van der Waals surface area contributed by atoms with E-state index >= 15 is 0 Å². The first kappa shape index (κ1) is 21.1. The van der Waals surface area contributed by atoms with Crippen molar-refractivity contribution < 1.29 is 24.1 Å². The van der Waals surface area contributed by atoms with E-state index in [4.69, 9.17) is 21.0 Å². The molecule has 2 rings (SSSR count). The molecule has 0 spiro atoms. The molecule has 0 aliphatic heterocycles. The fourth-order valence-electron chi connectivity index (χ4n) is 2.40. The molecule has 28 heavy (non-hydrogen) atoms. The number of aromatic nitrogens is 1. The summed E-state index contributed by atoms with van der Waals surface area (Å²) in [6, 6.07) is 5.34. The molecule has 0 fully saturated rings. The predicted molar refractivity (Wildman–Crippen MR) is 101 cm³/mol. The number of rotatable bonds is 7. The molecule has 0 saturated heterocycles. The van der Waals surface area contributed by atoms with Crippen LogP contribution in [0, 0.1) is 11.2 Å². The van der Waals surface area contributed by atoms with Gasteiger partial charge in [0.2, 0.25) is 5.90 Å². The Morgan fingerprint density at radius 1 is 1.39 bits per heavy atom.